The highest BCUT2D eigenvalue weighted by Crippen LogP contribution is 2.20. The third-order valence-electron chi connectivity index (χ3n) is 2.74. The van der Waals surface area contributed by atoms with Gasteiger partial charge in [-0.1, -0.05) is 39.7 Å². The summed E-state index contributed by atoms with van der Waals surface area (Å²) in [6.07, 6.45) is 1.74. The van der Waals surface area contributed by atoms with Gasteiger partial charge in [-0.05, 0) is 30.5 Å². The first kappa shape index (κ1) is 12.5. The molecule has 0 spiro atoms. The van der Waals surface area contributed by atoms with Crippen molar-refractivity contribution in [3.05, 3.63) is 45.1 Å². The van der Waals surface area contributed by atoms with Gasteiger partial charge in [0.2, 0.25) is 5.95 Å². The molecule has 3 nitrogen and oxygen atoms in total. The second-order valence-corrected chi connectivity index (χ2v) is 5.17. The highest BCUT2D eigenvalue weighted by Gasteiger charge is 2.10. The highest BCUT2D eigenvalue weighted by atomic mass is 79.9. The fourth-order valence-corrected chi connectivity index (χ4v) is 2.50. The van der Waals surface area contributed by atoms with Crippen LogP contribution in [-0.2, 0) is 19.9 Å². The van der Waals surface area contributed by atoms with Crippen molar-refractivity contribution in [1.82, 2.24) is 9.55 Å². The summed E-state index contributed by atoms with van der Waals surface area (Å²) >= 11 is 9.48. The van der Waals surface area contributed by atoms with E-state index in [1.807, 2.05) is 23.7 Å². The van der Waals surface area contributed by atoms with Crippen LogP contribution < -0.4 is 5.73 Å². The number of halogens is 2. The predicted molar refractivity (Wildman–Crippen MR) is 74.2 cm³/mol. The molecule has 2 aromatic rings. The summed E-state index contributed by atoms with van der Waals surface area (Å²) in [5.41, 5.74) is 7.93. The summed E-state index contributed by atoms with van der Waals surface area (Å²) in [5.74, 6) is 0.458. The first-order chi connectivity index (χ1) is 8.08. The first-order valence-electron chi connectivity index (χ1n) is 5.29. The number of hydrogen-bond acceptors (Lipinski definition) is 2. The molecule has 2 N–H and O–H groups in total. The SMILES string of the molecule is Cn1c(N)nc(Cl)c1CCc1cccc(Br)c1. The maximum atomic E-state index is 6.03. The number of aromatic nitrogens is 2. The Kier molecular flexibility index (Phi) is 3.74. The molecule has 0 saturated heterocycles. The molecule has 1 heterocycles. The summed E-state index contributed by atoms with van der Waals surface area (Å²) in [6.45, 7) is 0. The van der Waals surface area contributed by atoms with E-state index in [0.29, 0.717) is 11.1 Å². The summed E-state index contributed by atoms with van der Waals surface area (Å²) < 4.78 is 2.92. The molecule has 17 heavy (non-hydrogen) atoms. The van der Waals surface area contributed by atoms with Crippen LogP contribution in [-0.4, -0.2) is 9.55 Å². The van der Waals surface area contributed by atoms with E-state index >= 15 is 0 Å². The largest absolute Gasteiger partial charge is 0.369 e. The van der Waals surface area contributed by atoms with Crippen LogP contribution in [0, 0.1) is 0 Å². The van der Waals surface area contributed by atoms with Crippen molar-refractivity contribution >= 4 is 33.5 Å². The van der Waals surface area contributed by atoms with Crippen LogP contribution in [0.25, 0.3) is 0 Å². The number of aryl methyl sites for hydroxylation is 1. The van der Waals surface area contributed by atoms with Crippen molar-refractivity contribution in [2.45, 2.75) is 12.8 Å². The van der Waals surface area contributed by atoms with Crippen LogP contribution in [0.15, 0.2) is 28.7 Å². The highest BCUT2D eigenvalue weighted by molar-refractivity contribution is 9.10. The molecule has 90 valence electrons. The number of rotatable bonds is 3. The Labute approximate surface area is 114 Å². The maximum Gasteiger partial charge on any atom is 0.201 e. The van der Waals surface area contributed by atoms with Crippen LogP contribution in [0.2, 0.25) is 5.15 Å². The van der Waals surface area contributed by atoms with Gasteiger partial charge in [-0.3, -0.25) is 0 Å². The second-order valence-electron chi connectivity index (χ2n) is 3.90. The van der Waals surface area contributed by atoms with E-state index < -0.39 is 0 Å². The summed E-state index contributed by atoms with van der Waals surface area (Å²) in [4.78, 5) is 4.04. The molecule has 0 aliphatic rings. The molecule has 0 atom stereocenters. The molecular weight excluding hydrogens is 302 g/mol. The minimum Gasteiger partial charge on any atom is -0.369 e. The van der Waals surface area contributed by atoms with E-state index in [-0.39, 0.29) is 0 Å². The summed E-state index contributed by atoms with van der Waals surface area (Å²) in [6, 6.07) is 8.24. The Morgan fingerprint density at radius 3 is 2.76 bits per heavy atom. The van der Waals surface area contributed by atoms with Gasteiger partial charge in [0.15, 0.2) is 5.15 Å². The number of nitrogens with two attached hydrogens (primary N) is 1. The van der Waals surface area contributed by atoms with Gasteiger partial charge in [0, 0.05) is 11.5 Å². The van der Waals surface area contributed by atoms with Crippen LogP contribution in [0.4, 0.5) is 5.95 Å². The topological polar surface area (TPSA) is 43.8 Å². The quantitative estimate of drug-likeness (QED) is 0.945. The number of anilines is 1. The van der Waals surface area contributed by atoms with E-state index in [0.717, 1.165) is 23.0 Å². The van der Waals surface area contributed by atoms with Crippen molar-refractivity contribution in [3.63, 3.8) is 0 Å². The monoisotopic (exact) mass is 313 g/mol. The van der Waals surface area contributed by atoms with Crippen LogP contribution in [0.5, 0.6) is 0 Å². The molecule has 1 aromatic heterocycles. The maximum absolute atomic E-state index is 6.03. The Balaban J connectivity index is 2.12. The molecule has 5 heteroatoms. The van der Waals surface area contributed by atoms with Gasteiger partial charge >= 0.3 is 0 Å². The van der Waals surface area contributed by atoms with E-state index in [4.69, 9.17) is 17.3 Å². The van der Waals surface area contributed by atoms with Gasteiger partial charge in [-0.15, -0.1) is 0 Å². The molecule has 0 fully saturated rings. The summed E-state index contributed by atoms with van der Waals surface area (Å²) in [5, 5.41) is 0.500. The standard InChI is InChI=1S/C12H13BrClN3/c1-17-10(11(14)16-12(17)15)6-5-8-3-2-4-9(13)7-8/h2-4,7H,5-6H2,1H3,(H2,15,16). The molecular formula is C12H13BrClN3. The van der Waals surface area contributed by atoms with Gasteiger partial charge in [0.25, 0.3) is 0 Å². The average molecular weight is 315 g/mol. The van der Waals surface area contributed by atoms with Crippen molar-refractivity contribution in [2.75, 3.05) is 5.73 Å². The van der Waals surface area contributed by atoms with Crippen LogP contribution >= 0.6 is 27.5 Å². The zero-order valence-corrected chi connectivity index (χ0v) is 11.8. The third kappa shape index (κ3) is 2.82. The molecule has 0 bridgehead atoms. The minimum absolute atomic E-state index is 0.458. The Bertz CT molecular complexity index is 537. The lowest BCUT2D eigenvalue weighted by molar-refractivity contribution is 0.807. The van der Waals surface area contributed by atoms with Crippen molar-refractivity contribution in [2.24, 2.45) is 7.05 Å². The van der Waals surface area contributed by atoms with E-state index in [2.05, 4.69) is 33.0 Å². The lowest BCUT2D eigenvalue weighted by atomic mass is 10.1. The van der Waals surface area contributed by atoms with Crippen LogP contribution in [0.3, 0.4) is 0 Å². The number of nitrogens with zero attached hydrogens (tertiary/aromatic N) is 2. The second kappa shape index (κ2) is 5.10. The van der Waals surface area contributed by atoms with Gasteiger partial charge in [-0.25, -0.2) is 4.98 Å². The molecule has 0 amide bonds. The predicted octanol–water partition coefficient (Wildman–Crippen LogP) is 3.20. The minimum atomic E-state index is 0.458. The third-order valence-corrected chi connectivity index (χ3v) is 3.53. The normalized spacial score (nSPS) is 10.8. The fraction of sp³-hybridized carbons (Fsp3) is 0.250. The fourth-order valence-electron chi connectivity index (χ4n) is 1.74. The lowest BCUT2D eigenvalue weighted by Crippen LogP contribution is -2.03. The first-order valence-corrected chi connectivity index (χ1v) is 6.46. The molecule has 2 rings (SSSR count). The smallest absolute Gasteiger partial charge is 0.201 e. The van der Waals surface area contributed by atoms with E-state index in [1.165, 1.54) is 5.56 Å². The number of hydrogen-bond donors (Lipinski definition) is 1. The van der Waals surface area contributed by atoms with Gasteiger partial charge in [0.05, 0.1) is 5.69 Å². The van der Waals surface area contributed by atoms with Crippen molar-refractivity contribution < 1.29 is 0 Å². The van der Waals surface area contributed by atoms with Gasteiger partial charge in [0.1, 0.15) is 0 Å². The summed E-state index contributed by atoms with van der Waals surface area (Å²) in [7, 11) is 1.88. The Hall–Kier alpha value is -1.00. The zero-order chi connectivity index (χ0) is 12.4. The molecule has 0 saturated carbocycles. The van der Waals surface area contributed by atoms with Gasteiger partial charge < -0.3 is 10.3 Å². The van der Waals surface area contributed by atoms with Crippen LogP contribution in [0.1, 0.15) is 11.3 Å². The molecule has 0 unspecified atom stereocenters. The molecule has 0 aliphatic heterocycles. The van der Waals surface area contributed by atoms with Crippen molar-refractivity contribution in [1.29, 1.82) is 0 Å². The number of benzene rings is 1. The zero-order valence-electron chi connectivity index (χ0n) is 9.45. The number of imidazole rings is 1. The van der Waals surface area contributed by atoms with E-state index in [9.17, 15) is 0 Å². The molecule has 0 radical (unpaired) electrons. The van der Waals surface area contributed by atoms with Gasteiger partial charge in [-0.2, -0.15) is 0 Å². The Morgan fingerprint density at radius 2 is 2.18 bits per heavy atom. The lowest BCUT2D eigenvalue weighted by Gasteiger charge is -2.04. The average Bonchev–Trinajstić information content (AvgIpc) is 2.51. The molecule has 1 aromatic carbocycles. The number of nitrogen functional groups attached to an aromatic ring is 1. The molecule has 0 aliphatic carbocycles. The Morgan fingerprint density at radius 1 is 1.41 bits per heavy atom. The van der Waals surface area contributed by atoms with E-state index in [1.54, 1.807) is 0 Å². The van der Waals surface area contributed by atoms with Crippen molar-refractivity contribution in [3.8, 4) is 0 Å².